The van der Waals surface area contributed by atoms with Crippen LogP contribution in [0.1, 0.15) is 25.7 Å². The van der Waals surface area contributed by atoms with Crippen LogP contribution in [0, 0.1) is 0 Å². The summed E-state index contributed by atoms with van der Waals surface area (Å²) in [5.41, 5.74) is 0. The molecule has 0 aliphatic heterocycles. The molecule has 0 heterocycles. The van der Waals surface area contributed by atoms with Crippen molar-refractivity contribution in [2.75, 3.05) is 14.2 Å². The third-order valence-electron chi connectivity index (χ3n) is 3.70. The minimum absolute atomic E-state index is 0.0450. The first-order chi connectivity index (χ1) is 9.97. The van der Waals surface area contributed by atoms with Gasteiger partial charge in [0.25, 0.3) is 0 Å². The van der Waals surface area contributed by atoms with E-state index in [9.17, 15) is 13.5 Å². The second-order valence-corrected chi connectivity index (χ2v) is 6.78. The van der Waals surface area contributed by atoms with Gasteiger partial charge in [0.2, 0.25) is 10.0 Å². The van der Waals surface area contributed by atoms with Gasteiger partial charge in [0, 0.05) is 12.1 Å². The first kappa shape index (κ1) is 16.1. The lowest BCUT2D eigenvalue weighted by atomic mass is 9.93. The number of ether oxygens (including phenoxy) is 2. The van der Waals surface area contributed by atoms with E-state index >= 15 is 0 Å². The maximum absolute atomic E-state index is 12.5. The molecule has 1 fully saturated rings. The van der Waals surface area contributed by atoms with Crippen molar-refractivity contribution in [2.24, 2.45) is 0 Å². The summed E-state index contributed by atoms with van der Waals surface area (Å²) in [5.74, 6) is 0.732. The van der Waals surface area contributed by atoms with Crippen molar-refractivity contribution >= 4 is 10.0 Å². The average molecular weight is 315 g/mol. The lowest BCUT2D eigenvalue weighted by Gasteiger charge is -2.28. The minimum atomic E-state index is -3.75. The van der Waals surface area contributed by atoms with Crippen LogP contribution >= 0.6 is 0 Å². The Morgan fingerprint density at radius 2 is 1.90 bits per heavy atom. The summed E-state index contributed by atoms with van der Waals surface area (Å²) >= 11 is 0. The van der Waals surface area contributed by atoms with Crippen molar-refractivity contribution in [3.8, 4) is 11.5 Å². The van der Waals surface area contributed by atoms with Crippen LogP contribution in [0.3, 0.4) is 0 Å². The molecule has 1 aromatic carbocycles. The zero-order valence-electron chi connectivity index (χ0n) is 12.2. The molecule has 7 heteroatoms. The van der Waals surface area contributed by atoms with Gasteiger partial charge in [0.15, 0.2) is 0 Å². The summed E-state index contributed by atoms with van der Waals surface area (Å²) < 4.78 is 37.7. The summed E-state index contributed by atoms with van der Waals surface area (Å²) in [4.78, 5) is 0.0450. The summed E-state index contributed by atoms with van der Waals surface area (Å²) in [5, 5.41) is 9.91. The fraction of sp³-hybridized carbons (Fsp3) is 0.571. The zero-order valence-corrected chi connectivity index (χ0v) is 13.0. The second kappa shape index (κ2) is 6.64. The minimum Gasteiger partial charge on any atom is -0.497 e. The molecular weight excluding hydrogens is 294 g/mol. The van der Waals surface area contributed by atoms with E-state index < -0.39 is 22.2 Å². The van der Waals surface area contributed by atoms with Gasteiger partial charge < -0.3 is 14.6 Å². The molecular formula is C14H21NO5S. The van der Waals surface area contributed by atoms with Crippen molar-refractivity contribution < 1.29 is 23.0 Å². The molecule has 1 aliphatic rings. The van der Waals surface area contributed by atoms with Crippen molar-refractivity contribution in [1.29, 1.82) is 0 Å². The van der Waals surface area contributed by atoms with Crippen LogP contribution in [0.5, 0.6) is 11.5 Å². The van der Waals surface area contributed by atoms with Gasteiger partial charge in [-0.25, -0.2) is 13.1 Å². The number of benzene rings is 1. The Hall–Kier alpha value is -1.31. The number of aliphatic hydroxyl groups is 1. The molecule has 6 nitrogen and oxygen atoms in total. The Kier molecular flexibility index (Phi) is 5.08. The fourth-order valence-corrected chi connectivity index (χ4v) is 3.96. The van der Waals surface area contributed by atoms with Gasteiger partial charge in [-0.15, -0.1) is 0 Å². The molecule has 21 heavy (non-hydrogen) atoms. The van der Waals surface area contributed by atoms with Crippen LogP contribution in [-0.4, -0.2) is 39.9 Å². The molecule has 0 spiro atoms. The lowest BCUT2D eigenvalue weighted by molar-refractivity contribution is 0.101. The molecule has 0 amide bonds. The molecule has 2 N–H and O–H groups in total. The molecule has 0 aromatic heterocycles. The van der Waals surface area contributed by atoms with Gasteiger partial charge in [0.1, 0.15) is 16.4 Å². The molecule has 1 aliphatic carbocycles. The van der Waals surface area contributed by atoms with E-state index in [0.717, 1.165) is 12.8 Å². The van der Waals surface area contributed by atoms with Crippen molar-refractivity contribution in [1.82, 2.24) is 4.72 Å². The normalized spacial score (nSPS) is 22.8. The summed E-state index contributed by atoms with van der Waals surface area (Å²) in [6.45, 7) is 0. The number of sulfonamides is 1. The third kappa shape index (κ3) is 3.66. The second-order valence-electron chi connectivity index (χ2n) is 5.10. The average Bonchev–Trinajstić information content (AvgIpc) is 2.48. The van der Waals surface area contributed by atoms with Gasteiger partial charge >= 0.3 is 0 Å². The van der Waals surface area contributed by atoms with Crippen LogP contribution in [0.25, 0.3) is 0 Å². The number of nitrogens with one attached hydrogen (secondary N) is 1. The number of rotatable bonds is 5. The van der Waals surface area contributed by atoms with Gasteiger partial charge in [-0.3, -0.25) is 0 Å². The van der Waals surface area contributed by atoms with Crippen LogP contribution in [0.15, 0.2) is 23.1 Å². The molecule has 2 rings (SSSR count). The highest BCUT2D eigenvalue weighted by Gasteiger charge is 2.29. The van der Waals surface area contributed by atoms with E-state index in [1.54, 1.807) is 6.07 Å². The number of methoxy groups -OCH3 is 2. The first-order valence-electron chi connectivity index (χ1n) is 6.90. The topological polar surface area (TPSA) is 84.9 Å². The van der Waals surface area contributed by atoms with Crippen LogP contribution in [-0.2, 0) is 10.0 Å². The van der Waals surface area contributed by atoms with E-state index in [-0.39, 0.29) is 10.6 Å². The van der Waals surface area contributed by atoms with Crippen molar-refractivity contribution in [3.05, 3.63) is 18.2 Å². The highest BCUT2D eigenvalue weighted by molar-refractivity contribution is 7.89. The number of hydrogen-bond acceptors (Lipinski definition) is 5. The lowest BCUT2D eigenvalue weighted by Crippen LogP contribution is -2.45. The van der Waals surface area contributed by atoms with E-state index in [0.29, 0.717) is 18.6 Å². The predicted molar refractivity (Wildman–Crippen MR) is 78.1 cm³/mol. The smallest absolute Gasteiger partial charge is 0.244 e. The van der Waals surface area contributed by atoms with E-state index in [4.69, 9.17) is 9.47 Å². The molecule has 1 aromatic rings. The standard InChI is InChI=1S/C14H21NO5S/c1-19-10-7-8-14(13(9-10)20-2)21(17,18)15-11-5-3-4-6-12(11)16/h7-9,11-12,15-16H,3-6H2,1-2H3. The van der Waals surface area contributed by atoms with Crippen molar-refractivity contribution in [2.45, 2.75) is 42.7 Å². The summed E-state index contributed by atoms with van der Waals surface area (Å²) in [6.07, 6.45) is 2.44. The Balaban J connectivity index is 2.26. The molecule has 2 atom stereocenters. The number of hydrogen-bond donors (Lipinski definition) is 2. The van der Waals surface area contributed by atoms with Gasteiger partial charge in [-0.05, 0) is 25.0 Å². The highest BCUT2D eigenvalue weighted by Crippen LogP contribution is 2.29. The highest BCUT2D eigenvalue weighted by atomic mass is 32.2. The zero-order chi connectivity index (χ0) is 15.5. The molecule has 2 unspecified atom stereocenters. The van der Waals surface area contributed by atoms with E-state index in [1.165, 1.54) is 26.4 Å². The Labute approximate surface area is 125 Å². The predicted octanol–water partition coefficient (Wildman–Crippen LogP) is 1.29. The molecule has 0 saturated heterocycles. The van der Waals surface area contributed by atoms with Crippen LogP contribution in [0.2, 0.25) is 0 Å². The van der Waals surface area contributed by atoms with Gasteiger partial charge in [0.05, 0.1) is 20.3 Å². The Morgan fingerprint density at radius 3 is 2.52 bits per heavy atom. The van der Waals surface area contributed by atoms with Gasteiger partial charge in [-0.2, -0.15) is 0 Å². The van der Waals surface area contributed by atoms with Crippen molar-refractivity contribution in [3.63, 3.8) is 0 Å². The molecule has 118 valence electrons. The van der Waals surface area contributed by atoms with Crippen LogP contribution in [0.4, 0.5) is 0 Å². The van der Waals surface area contributed by atoms with Gasteiger partial charge in [-0.1, -0.05) is 12.8 Å². The maximum atomic E-state index is 12.5. The first-order valence-corrected chi connectivity index (χ1v) is 8.38. The quantitative estimate of drug-likeness (QED) is 0.855. The third-order valence-corrected chi connectivity index (χ3v) is 5.23. The Morgan fingerprint density at radius 1 is 1.19 bits per heavy atom. The maximum Gasteiger partial charge on any atom is 0.244 e. The fourth-order valence-electron chi connectivity index (χ4n) is 2.51. The number of aliphatic hydroxyl groups excluding tert-OH is 1. The monoisotopic (exact) mass is 315 g/mol. The van der Waals surface area contributed by atoms with E-state index in [1.807, 2.05) is 0 Å². The van der Waals surface area contributed by atoms with E-state index in [2.05, 4.69) is 4.72 Å². The summed E-state index contributed by atoms with van der Waals surface area (Å²) in [6, 6.07) is 4.07. The largest absolute Gasteiger partial charge is 0.497 e. The Bertz CT molecular complexity index is 587. The summed E-state index contributed by atoms with van der Waals surface area (Å²) in [7, 11) is -0.846. The van der Waals surface area contributed by atoms with Crippen LogP contribution < -0.4 is 14.2 Å². The SMILES string of the molecule is COc1ccc(S(=O)(=O)NC2CCCCC2O)c(OC)c1. The molecule has 1 saturated carbocycles. The molecule has 0 radical (unpaired) electrons. The molecule has 0 bridgehead atoms.